The van der Waals surface area contributed by atoms with Gasteiger partial charge >= 0.3 is 0 Å². The molecule has 1 saturated carbocycles. The van der Waals surface area contributed by atoms with Crippen molar-refractivity contribution < 1.29 is 13.2 Å². The molecule has 1 aliphatic carbocycles. The van der Waals surface area contributed by atoms with Crippen molar-refractivity contribution in [2.24, 2.45) is 4.99 Å². The van der Waals surface area contributed by atoms with Gasteiger partial charge in [0.1, 0.15) is 0 Å². The molecule has 0 aliphatic heterocycles. The zero-order valence-electron chi connectivity index (χ0n) is 17.9. The number of sulfonamides is 1. The number of methoxy groups -OCH3 is 1. The Kier molecular flexibility index (Phi) is 9.73. The minimum absolute atomic E-state index is 0. The van der Waals surface area contributed by atoms with E-state index in [0.29, 0.717) is 13.2 Å². The molecule has 1 aliphatic rings. The normalized spacial score (nSPS) is 15.1. The second kappa shape index (κ2) is 11.8. The van der Waals surface area contributed by atoms with Crippen molar-refractivity contribution in [2.75, 3.05) is 33.9 Å². The number of nitrogens with zero attached hydrogens (tertiary/aromatic N) is 1. The molecule has 1 fully saturated rings. The topological polar surface area (TPSA) is 91.8 Å². The molecule has 9 heteroatoms. The van der Waals surface area contributed by atoms with E-state index in [1.54, 1.807) is 31.3 Å². The summed E-state index contributed by atoms with van der Waals surface area (Å²) in [4.78, 5) is 4.54. The number of rotatable bonds is 10. The minimum Gasteiger partial charge on any atom is -0.383 e. The maximum Gasteiger partial charge on any atom is 0.240 e. The third-order valence-electron chi connectivity index (χ3n) is 5.35. The van der Waals surface area contributed by atoms with Crippen LogP contribution in [-0.4, -0.2) is 48.2 Å². The number of benzene rings is 2. The maximum absolute atomic E-state index is 12.2. The Labute approximate surface area is 202 Å². The summed E-state index contributed by atoms with van der Waals surface area (Å²) in [6.45, 7) is 1.96. The predicted molar refractivity (Wildman–Crippen MR) is 134 cm³/mol. The van der Waals surface area contributed by atoms with Crippen LogP contribution in [0, 0.1) is 0 Å². The van der Waals surface area contributed by atoms with Gasteiger partial charge in [0.2, 0.25) is 10.0 Å². The summed E-state index contributed by atoms with van der Waals surface area (Å²) in [5, 5.41) is 6.72. The highest BCUT2D eigenvalue weighted by Crippen LogP contribution is 2.47. The first kappa shape index (κ1) is 25.6. The Morgan fingerprint density at radius 1 is 1.06 bits per heavy atom. The summed E-state index contributed by atoms with van der Waals surface area (Å²) in [7, 11) is -0.235. The third kappa shape index (κ3) is 7.16. The van der Waals surface area contributed by atoms with Gasteiger partial charge in [-0.1, -0.05) is 42.5 Å². The smallest absolute Gasteiger partial charge is 0.240 e. The maximum atomic E-state index is 12.2. The van der Waals surface area contributed by atoms with E-state index in [-0.39, 0.29) is 40.8 Å². The van der Waals surface area contributed by atoms with Gasteiger partial charge in [-0.25, -0.2) is 13.1 Å². The third-order valence-corrected chi connectivity index (χ3v) is 6.83. The second-order valence-electron chi connectivity index (χ2n) is 7.46. The molecule has 0 atom stereocenters. The number of ether oxygens (including phenoxy) is 1. The second-order valence-corrected chi connectivity index (χ2v) is 9.23. The van der Waals surface area contributed by atoms with Crippen molar-refractivity contribution in [3.8, 4) is 0 Å². The van der Waals surface area contributed by atoms with Crippen LogP contribution in [0.2, 0.25) is 0 Å². The highest BCUT2D eigenvalue weighted by atomic mass is 127. The molecular formula is C22H31IN4O3S. The lowest BCUT2D eigenvalue weighted by Gasteiger charge is -2.19. The van der Waals surface area contributed by atoms with E-state index in [4.69, 9.17) is 4.74 Å². The standard InChI is InChI=1S/C22H30N4O3S.HI/c1-23-21(25-17-22(12-13-22)19-6-4-3-5-7-19)24-16-18-8-10-20(11-9-18)30(27,28)26-14-15-29-2;/h3-11,26H,12-17H2,1-2H3,(H2,23,24,25);1H. The lowest BCUT2D eigenvalue weighted by atomic mass is 9.96. The first-order valence-electron chi connectivity index (χ1n) is 10.1. The van der Waals surface area contributed by atoms with Crippen molar-refractivity contribution in [1.29, 1.82) is 0 Å². The van der Waals surface area contributed by atoms with Gasteiger partial charge in [-0.15, -0.1) is 24.0 Å². The van der Waals surface area contributed by atoms with Crippen LogP contribution in [0.25, 0.3) is 0 Å². The van der Waals surface area contributed by atoms with Gasteiger partial charge in [0, 0.05) is 39.2 Å². The van der Waals surface area contributed by atoms with Crippen molar-refractivity contribution in [3.05, 3.63) is 65.7 Å². The van der Waals surface area contributed by atoms with E-state index in [1.807, 2.05) is 6.07 Å². The summed E-state index contributed by atoms with van der Waals surface area (Å²) in [5.41, 5.74) is 2.53. The molecule has 0 amide bonds. The molecule has 2 aromatic rings. The van der Waals surface area contributed by atoms with Crippen molar-refractivity contribution >= 4 is 40.0 Å². The number of halogens is 1. The fourth-order valence-electron chi connectivity index (χ4n) is 3.32. The summed E-state index contributed by atoms with van der Waals surface area (Å²) in [6, 6.07) is 17.4. The first-order valence-corrected chi connectivity index (χ1v) is 11.5. The molecule has 170 valence electrons. The van der Waals surface area contributed by atoms with E-state index in [2.05, 4.69) is 44.6 Å². The highest BCUT2D eigenvalue weighted by molar-refractivity contribution is 14.0. The quantitative estimate of drug-likeness (QED) is 0.181. The molecule has 0 saturated heterocycles. The van der Waals surface area contributed by atoms with Crippen LogP contribution in [0.4, 0.5) is 0 Å². The minimum atomic E-state index is -3.52. The zero-order valence-corrected chi connectivity index (χ0v) is 21.1. The Hall–Kier alpha value is -1.69. The molecule has 0 unspecified atom stereocenters. The number of hydrogen-bond donors (Lipinski definition) is 3. The van der Waals surface area contributed by atoms with E-state index in [0.717, 1.165) is 18.1 Å². The van der Waals surface area contributed by atoms with Gasteiger partial charge in [0.15, 0.2) is 5.96 Å². The van der Waals surface area contributed by atoms with Crippen LogP contribution in [0.5, 0.6) is 0 Å². The van der Waals surface area contributed by atoms with Gasteiger partial charge in [-0.3, -0.25) is 4.99 Å². The molecule has 3 N–H and O–H groups in total. The summed E-state index contributed by atoms with van der Waals surface area (Å²) in [6.07, 6.45) is 2.35. The van der Waals surface area contributed by atoms with Gasteiger partial charge in [-0.05, 0) is 36.1 Å². The lowest BCUT2D eigenvalue weighted by Crippen LogP contribution is -2.40. The molecule has 0 aromatic heterocycles. The SMILES string of the molecule is CN=C(NCc1ccc(S(=O)(=O)NCCOC)cc1)NCC1(c2ccccc2)CC1.I. The summed E-state index contributed by atoms with van der Waals surface area (Å²) < 4.78 is 31.8. The monoisotopic (exact) mass is 558 g/mol. The van der Waals surface area contributed by atoms with Gasteiger partial charge < -0.3 is 15.4 Å². The van der Waals surface area contributed by atoms with E-state index in [9.17, 15) is 8.42 Å². The summed E-state index contributed by atoms with van der Waals surface area (Å²) >= 11 is 0. The summed E-state index contributed by atoms with van der Waals surface area (Å²) in [5.74, 6) is 0.732. The Morgan fingerprint density at radius 3 is 2.32 bits per heavy atom. The molecule has 31 heavy (non-hydrogen) atoms. The van der Waals surface area contributed by atoms with Gasteiger partial charge in [0.25, 0.3) is 0 Å². The van der Waals surface area contributed by atoms with Crippen LogP contribution < -0.4 is 15.4 Å². The molecular weight excluding hydrogens is 527 g/mol. The van der Waals surface area contributed by atoms with Crippen molar-refractivity contribution in [3.63, 3.8) is 0 Å². The highest BCUT2D eigenvalue weighted by Gasteiger charge is 2.43. The molecule has 2 aromatic carbocycles. The van der Waals surface area contributed by atoms with Crippen LogP contribution in [-0.2, 0) is 26.7 Å². The van der Waals surface area contributed by atoms with Gasteiger partial charge in [0.05, 0.1) is 11.5 Å². The van der Waals surface area contributed by atoms with Crippen LogP contribution in [0.3, 0.4) is 0 Å². The Morgan fingerprint density at radius 2 is 1.74 bits per heavy atom. The number of hydrogen-bond acceptors (Lipinski definition) is 4. The Bertz CT molecular complexity index is 946. The van der Waals surface area contributed by atoms with E-state index < -0.39 is 10.0 Å². The molecule has 0 heterocycles. The predicted octanol–water partition coefficient (Wildman–Crippen LogP) is 2.63. The molecule has 7 nitrogen and oxygen atoms in total. The van der Waals surface area contributed by atoms with Crippen LogP contribution in [0.15, 0.2) is 64.5 Å². The molecule has 0 radical (unpaired) electrons. The van der Waals surface area contributed by atoms with Crippen LogP contribution in [0.1, 0.15) is 24.0 Å². The Balaban J connectivity index is 0.00000341. The van der Waals surface area contributed by atoms with E-state index >= 15 is 0 Å². The first-order chi connectivity index (χ1) is 14.5. The molecule has 3 rings (SSSR count). The molecule has 0 spiro atoms. The van der Waals surface area contributed by atoms with Gasteiger partial charge in [-0.2, -0.15) is 0 Å². The van der Waals surface area contributed by atoms with Crippen molar-refractivity contribution in [2.45, 2.75) is 29.7 Å². The van der Waals surface area contributed by atoms with E-state index in [1.165, 1.54) is 25.5 Å². The largest absolute Gasteiger partial charge is 0.383 e. The number of nitrogens with one attached hydrogen (secondary N) is 3. The average Bonchev–Trinajstić information content (AvgIpc) is 3.56. The van der Waals surface area contributed by atoms with Crippen molar-refractivity contribution in [1.82, 2.24) is 15.4 Å². The molecule has 0 bridgehead atoms. The fourth-order valence-corrected chi connectivity index (χ4v) is 4.33. The average molecular weight is 558 g/mol. The number of aliphatic imine (C=N–C) groups is 1. The lowest BCUT2D eigenvalue weighted by molar-refractivity contribution is 0.204. The number of guanidine groups is 1. The zero-order chi connectivity index (χ0) is 21.5. The van der Waals surface area contributed by atoms with Crippen LogP contribution >= 0.6 is 24.0 Å². The fraction of sp³-hybridized carbons (Fsp3) is 0.409.